The minimum Gasteiger partial charge on any atom is -0.280 e. The number of thioether (sulfide) groups is 1. The summed E-state index contributed by atoms with van der Waals surface area (Å²) in [6, 6.07) is 10.1. The summed E-state index contributed by atoms with van der Waals surface area (Å²) in [6.45, 7) is 4.19. The number of aromatic nitrogens is 1. The molecule has 0 saturated carbocycles. The molecular weight excluding hydrogens is 367 g/mol. The van der Waals surface area contributed by atoms with Crippen LogP contribution in [0.4, 0.5) is 10.1 Å². The molecule has 0 radical (unpaired) electrons. The van der Waals surface area contributed by atoms with Crippen LogP contribution in [0.2, 0.25) is 0 Å². The summed E-state index contributed by atoms with van der Waals surface area (Å²) in [5, 5.41) is 0.427. The van der Waals surface area contributed by atoms with E-state index in [9.17, 15) is 12.8 Å². The molecule has 0 atom stereocenters. The van der Waals surface area contributed by atoms with Crippen molar-refractivity contribution in [3.63, 3.8) is 0 Å². The Kier molecular flexibility index (Phi) is 4.80. The van der Waals surface area contributed by atoms with E-state index < -0.39 is 15.8 Å². The Morgan fingerprint density at radius 3 is 2.71 bits per heavy atom. The SMILES string of the molecule is CC(C)Sc1nc2ccc(NS(=O)(=O)c3cccc(F)c3)cc2s1. The third-order valence-corrected chi connectivity index (χ3v) is 6.56. The molecule has 3 aromatic rings. The average molecular weight is 383 g/mol. The zero-order chi connectivity index (χ0) is 17.3. The van der Waals surface area contributed by atoms with Gasteiger partial charge in [-0.2, -0.15) is 0 Å². The van der Waals surface area contributed by atoms with E-state index in [-0.39, 0.29) is 4.90 Å². The van der Waals surface area contributed by atoms with Gasteiger partial charge in [0.05, 0.1) is 20.8 Å². The highest BCUT2D eigenvalue weighted by Gasteiger charge is 2.15. The smallest absolute Gasteiger partial charge is 0.261 e. The third-order valence-electron chi connectivity index (χ3n) is 3.06. The van der Waals surface area contributed by atoms with Crippen LogP contribution in [0, 0.1) is 5.82 Å². The van der Waals surface area contributed by atoms with E-state index in [1.165, 1.54) is 29.5 Å². The lowest BCUT2D eigenvalue weighted by molar-refractivity contribution is 0.595. The van der Waals surface area contributed by atoms with Crippen LogP contribution in [-0.2, 0) is 10.0 Å². The summed E-state index contributed by atoms with van der Waals surface area (Å²) in [5.74, 6) is -0.592. The van der Waals surface area contributed by atoms with Gasteiger partial charge in [-0.25, -0.2) is 17.8 Å². The number of rotatable bonds is 5. The monoisotopic (exact) mass is 382 g/mol. The van der Waals surface area contributed by atoms with E-state index in [1.807, 2.05) is 0 Å². The molecule has 1 N–H and O–H groups in total. The first kappa shape index (κ1) is 17.2. The zero-order valence-electron chi connectivity index (χ0n) is 13.0. The van der Waals surface area contributed by atoms with Gasteiger partial charge in [-0.1, -0.05) is 31.7 Å². The molecule has 8 heteroatoms. The van der Waals surface area contributed by atoms with Crippen molar-refractivity contribution >= 4 is 49.0 Å². The Balaban J connectivity index is 1.89. The number of benzene rings is 2. The summed E-state index contributed by atoms with van der Waals surface area (Å²) in [6.07, 6.45) is 0. The molecule has 126 valence electrons. The molecule has 0 unspecified atom stereocenters. The van der Waals surface area contributed by atoms with E-state index in [0.717, 1.165) is 20.6 Å². The minimum absolute atomic E-state index is 0.108. The summed E-state index contributed by atoms with van der Waals surface area (Å²) in [7, 11) is -3.83. The highest BCUT2D eigenvalue weighted by atomic mass is 32.2. The van der Waals surface area contributed by atoms with E-state index in [0.29, 0.717) is 10.9 Å². The predicted molar refractivity (Wildman–Crippen MR) is 97.8 cm³/mol. The van der Waals surface area contributed by atoms with Crippen LogP contribution in [0.25, 0.3) is 10.2 Å². The van der Waals surface area contributed by atoms with Crippen molar-refractivity contribution in [3.8, 4) is 0 Å². The topological polar surface area (TPSA) is 59.1 Å². The van der Waals surface area contributed by atoms with Gasteiger partial charge < -0.3 is 0 Å². The molecule has 0 aliphatic rings. The van der Waals surface area contributed by atoms with Crippen molar-refractivity contribution in [2.75, 3.05) is 4.72 Å². The van der Waals surface area contributed by atoms with E-state index in [1.54, 1.807) is 30.0 Å². The fourth-order valence-electron chi connectivity index (χ4n) is 2.07. The largest absolute Gasteiger partial charge is 0.280 e. The van der Waals surface area contributed by atoms with Gasteiger partial charge in [-0.3, -0.25) is 4.72 Å². The van der Waals surface area contributed by atoms with Crippen molar-refractivity contribution in [1.29, 1.82) is 0 Å². The van der Waals surface area contributed by atoms with Crippen molar-refractivity contribution in [2.24, 2.45) is 0 Å². The second kappa shape index (κ2) is 6.70. The van der Waals surface area contributed by atoms with Crippen LogP contribution in [0.15, 0.2) is 51.7 Å². The maximum absolute atomic E-state index is 13.3. The first-order valence-corrected chi connectivity index (χ1v) is 10.4. The first-order chi connectivity index (χ1) is 11.3. The second-order valence-electron chi connectivity index (χ2n) is 5.39. The molecule has 0 saturated heterocycles. The molecule has 0 aliphatic carbocycles. The fraction of sp³-hybridized carbons (Fsp3) is 0.188. The van der Waals surface area contributed by atoms with Gasteiger partial charge >= 0.3 is 0 Å². The molecule has 0 amide bonds. The summed E-state index contributed by atoms with van der Waals surface area (Å²) >= 11 is 3.19. The lowest BCUT2D eigenvalue weighted by Crippen LogP contribution is -2.12. The average Bonchev–Trinajstić information content (AvgIpc) is 2.87. The number of thiazole rings is 1. The normalized spacial score (nSPS) is 12.0. The van der Waals surface area contributed by atoms with Crippen LogP contribution >= 0.6 is 23.1 Å². The molecule has 1 heterocycles. The van der Waals surface area contributed by atoms with Gasteiger partial charge in [0.15, 0.2) is 4.34 Å². The third kappa shape index (κ3) is 3.88. The maximum atomic E-state index is 13.3. The number of sulfonamides is 1. The van der Waals surface area contributed by atoms with Crippen LogP contribution in [0.3, 0.4) is 0 Å². The number of fused-ring (bicyclic) bond motifs is 1. The molecule has 4 nitrogen and oxygen atoms in total. The van der Waals surface area contributed by atoms with Crippen LogP contribution < -0.4 is 4.72 Å². The van der Waals surface area contributed by atoms with Crippen molar-refractivity contribution in [3.05, 3.63) is 48.3 Å². The molecular formula is C16H15FN2O2S3. The van der Waals surface area contributed by atoms with Crippen LogP contribution in [0.1, 0.15) is 13.8 Å². The Morgan fingerprint density at radius 1 is 1.21 bits per heavy atom. The second-order valence-corrected chi connectivity index (χ2v) is 9.93. The number of nitrogens with one attached hydrogen (secondary N) is 1. The molecule has 3 rings (SSSR count). The number of hydrogen-bond donors (Lipinski definition) is 1. The highest BCUT2D eigenvalue weighted by Crippen LogP contribution is 2.33. The molecule has 0 bridgehead atoms. The lowest BCUT2D eigenvalue weighted by Gasteiger charge is -2.08. The number of nitrogens with zero attached hydrogens (tertiary/aromatic N) is 1. The summed E-state index contributed by atoms with van der Waals surface area (Å²) in [4.78, 5) is 4.41. The first-order valence-electron chi connectivity index (χ1n) is 7.19. The zero-order valence-corrected chi connectivity index (χ0v) is 15.4. The van der Waals surface area contributed by atoms with E-state index in [2.05, 4.69) is 23.6 Å². The maximum Gasteiger partial charge on any atom is 0.261 e. The molecule has 0 aliphatic heterocycles. The highest BCUT2D eigenvalue weighted by molar-refractivity contribution is 8.01. The van der Waals surface area contributed by atoms with Crippen molar-refractivity contribution in [1.82, 2.24) is 4.98 Å². The molecule has 24 heavy (non-hydrogen) atoms. The predicted octanol–water partition coefficient (Wildman–Crippen LogP) is 4.74. The molecule has 1 aromatic heterocycles. The number of halogens is 1. The lowest BCUT2D eigenvalue weighted by atomic mass is 10.3. The minimum atomic E-state index is -3.83. The Morgan fingerprint density at radius 2 is 2.00 bits per heavy atom. The molecule has 0 fully saturated rings. The Bertz CT molecular complexity index is 984. The van der Waals surface area contributed by atoms with E-state index in [4.69, 9.17) is 0 Å². The van der Waals surface area contributed by atoms with Crippen molar-refractivity contribution < 1.29 is 12.8 Å². The van der Waals surface area contributed by atoms with Gasteiger partial charge in [0.1, 0.15) is 5.82 Å². The van der Waals surface area contributed by atoms with Crippen LogP contribution in [-0.4, -0.2) is 18.7 Å². The fourth-order valence-corrected chi connectivity index (χ4v) is 5.48. The quantitative estimate of drug-likeness (QED) is 0.648. The van der Waals surface area contributed by atoms with Gasteiger partial charge in [0.25, 0.3) is 10.0 Å². The van der Waals surface area contributed by atoms with Gasteiger partial charge in [0, 0.05) is 5.25 Å². The van der Waals surface area contributed by atoms with Crippen LogP contribution in [0.5, 0.6) is 0 Å². The Hall–Kier alpha value is -1.64. The number of hydrogen-bond acceptors (Lipinski definition) is 5. The summed E-state index contributed by atoms with van der Waals surface area (Å²) < 4.78 is 42.3. The van der Waals surface area contributed by atoms with Crippen molar-refractivity contribution in [2.45, 2.75) is 28.3 Å². The van der Waals surface area contributed by atoms with Gasteiger partial charge in [-0.05, 0) is 36.4 Å². The Labute approximate surface area is 148 Å². The van der Waals surface area contributed by atoms with E-state index >= 15 is 0 Å². The molecule has 0 spiro atoms. The van der Waals surface area contributed by atoms with Gasteiger partial charge in [-0.15, -0.1) is 11.3 Å². The molecule has 2 aromatic carbocycles. The standard InChI is InChI=1S/C16H15FN2O2S3/c1-10(2)22-16-18-14-7-6-12(9-15(14)23-16)19-24(20,21)13-5-3-4-11(17)8-13/h3-10,19H,1-2H3. The van der Waals surface area contributed by atoms with Gasteiger partial charge in [0.2, 0.25) is 0 Å². The summed E-state index contributed by atoms with van der Waals surface area (Å²) in [5.41, 5.74) is 1.26. The number of anilines is 1.